The van der Waals surface area contributed by atoms with Crippen molar-refractivity contribution in [2.75, 3.05) is 0 Å². The molecule has 0 aliphatic rings. The van der Waals surface area contributed by atoms with Crippen molar-refractivity contribution >= 4 is 6.08 Å². The van der Waals surface area contributed by atoms with Gasteiger partial charge in [0.05, 0.1) is 0 Å². The third-order valence-corrected chi connectivity index (χ3v) is 6.03. The molecule has 28 heavy (non-hydrogen) atoms. The number of rotatable bonds is 20. The molecule has 0 saturated carbocycles. The first-order chi connectivity index (χ1) is 13.9. The molecule has 1 aromatic carbocycles. The lowest BCUT2D eigenvalue weighted by atomic mass is 10.0. The molecule has 0 atom stereocenters. The molecule has 0 saturated heterocycles. The lowest BCUT2D eigenvalue weighted by Gasteiger charge is -2.04. The summed E-state index contributed by atoms with van der Waals surface area (Å²) in [6.45, 7) is 6.11. The number of hydrogen-bond acceptors (Lipinski definition) is 0. The Morgan fingerprint density at radius 1 is 0.536 bits per heavy atom. The fraction of sp³-hybridized carbons (Fsp3) is 0.714. The molecule has 0 aliphatic heterocycles. The van der Waals surface area contributed by atoms with Gasteiger partial charge in [-0.25, -0.2) is 0 Å². The molecular weight excluding hydrogens is 336 g/mol. The Labute approximate surface area is 177 Å². The van der Waals surface area contributed by atoms with E-state index in [1.165, 1.54) is 133 Å². The fourth-order valence-electron chi connectivity index (χ4n) is 4.05. The highest BCUT2D eigenvalue weighted by Gasteiger charge is 1.96. The Kier molecular flexibility index (Phi) is 17.2. The van der Waals surface area contributed by atoms with Crippen molar-refractivity contribution in [3.63, 3.8) is 0 Å². The molecule has 0 unspecified atom stereocenters. The van der Waals surface area contributed by atoms with Gasteiger partial charge in [0.1, 0.15) is 0 Å². The third-order valence-electron chi connectivity index (χ3n) is 6.03. The summed E-state index contributed by atoms with van der Waals surface area (Å²) in [6, 6.07) is 8.86. The van der Waals surface area contributed by atoms with E-state index in [-0.39, 0.29) is 0 Å². The van der Waals surface area contributed by atoms with Gasteiger partial charge in [-0.1, -0.05) is 153 Å². The van der Waals surface area contributed by atoms with Crippen LogP contribution in [-0.2, 0) is 6.42 Å². The Bertz CT molecular complexity index is 442. The van der Waals surface area contributed by atoms with Gasteiger partial charge in [-0.05, 0) is 24.0 Å². The van der Waals surface area contributed by atoms with Crippen molar-refractivity contribution in [1.29, 1.82) is 0 Å². The number of unbranched alkanes of at least 4 members (excludes halogenated alkanes) is 17. The van der Waals surface area contributed by atoms with Gasteiger partial charge >= 0.3 is 0 Å². The van der Waals surface area contributed by atoms with Gasteiger partial charge in [0.15, 0.2) is 0 Å². The summed E-state index contributed by atoms with van der Waals surface area (Å²) in [5.41, 5.74) is 2.70. The summed E-state index contributed by atoms with van der Waals surface area (Å²) in [7, 11) is 0. The molecular formula is C28H48. The van der Waals surface area contributed by atoms with E-state index in [0.29, 0.717) is 0 Å². The van der Waals surface area contributed by atoms with Crippen LogP contribution in [0.1, 0.15) is 134 Å². The summed E-state index contributed by atoms with van der Waals surface area (Å²) in [6.07, 6.45) is 29.2. The summed E-state index contributed by atoms with van der Waals surface area (Å²) in [4.78, 5) is 0. The minimum atomic E-state index is 1.22. The first-order valence-electron chi connectivity index (χ1n) is 12.6. The highest BCUT2D eigenvalue weighted by molar-refractivity contribution is 5.47. The standard InChI is InChI=1S/C28H48/c1-3-5-6-7-8-9-10-11-12-13-14-15-16-17-18-19-20-21-22-28-25-23-27(4-2)24-26-28/h4,23-26H,2-3,5-22H2,1H3. The predicted octanol–water partition coefficient (Wildman–Crippen LogP) is 9.91. The first-order valence-corrected chi connectivity index (χ1v) is 12.6. The van der Waals surface area contributed by atoms with Crippen LogP contribution in [0.25, 0.3) is 6.08 Å². The zero-order chi connectivity index (χ0) is 20.1. The lowest BCUT2D eigenvalue weighted by molar-refractivity contribution is 0.525. The smallest absolute Gasteiger partial charge is 0.0262 e. The molecule has 0 heteroatoms. The summed E-state index contributed by atoms with van der Waals surface area (Å²) in [5.74, 6) is 0. The SMILES string of the molecule is C=Cc1ccc(CCCCCCCCCCCCCCCCCCCC)cc1. The maximum absolute atomic E-state index is 3.81. The number of aryl methyl sites for hydroxylation is 1. The number of benzene rings is 1. The molecule has 1 rings (SSSR count). The minimum Gasteiger partial charge on any atom is -0.0985 e. The second kappa shape index (κ2) is 19.3. The van der Waals surface area contributed by atoms with Crippen LogP contribution < -0.4 is 0 Å². The topological polar surface area (TPSA) is 0 Å². The lowest BCUT2D eigenvalue weighted by Crippen LogP contribution is -1.87. The van der Waals surface area contributed by atoms with E-state index < -0.39 is 0 Å². The van der Waals surface area contributed by atoms with Crippen LogP contribution in [0.3, 0.4) is 0 Å². The largest absolute Gasteiger partial charge is 0.0985 e. The van der Waals surface area contributed by atoms with Gasteiger partial charge in [-0.15, -0.1) is 0 Å². The van der Waals surface area contributed by atoms with Gasteiger partial charge in [-0.2, -0.15) is 0 Å². The van der Waals surface area contributed by atoms with Crippen LogP contribution in [0.4, 0.5) is 0 Å². The summed E-state index contributed by atoms with van der Waals surface area (Å²) < 4.78 is 0. The van der Waals surface area contributed by atoms with Gasteiger partial charge in [-0.3, -0.25) is 0 Å². The highest BCUT2D eigenvalue weighted by Crippen LogP contribution is 2.15. The first kappa shape index (κ1) is 25.0. The Hall–Kier alpha value is -1.04. The van der Waals surface area contributed by atoms with E-state index in [0.717, 1.165) is 0 Å². The summed E-state index contributed by atoms with van der Waals surface area (Å²) in [5, 5.41) is 0. The second-order valence-corrected chi connectivity index (χ2v) is 8.71. The summed E-state index contributed by atoms with van der Waals surface area (Å²) >= 11 is 0. The van der Waals surface area contributed by atoms with E-state index in [2.05, 4.69) is 37.8 Å². The van der Waals surface area contributed by atoms with E-state index >= 15 is 0 Å². The monoisotopic (exact) mass is 384 g/mol. The highest BCUT2D eigenvalue weighted by atomic mass is 14.0. The van der Waals surface area contributed by atoms with Gasteiger partial charge < -0.3 is 0 Å². The molecule has 1 aromatic rings. The zero-order valence-electron chi connectivity index (χ0n) is 19.0. The normalized spacial score (nSPS) is 11.0. The fourth-order valence-corrected chi connectivity index (χ4v) is 4.05. The van der Waals surface area contributed by atoms with Crippen molar-refractivity contribution in [1.82, 2.24) is 0 Å². The van der Waals surface area contributed by atoms with Crippen molar-refractivity contribution < 1.29 is 0 Å². The zero-order valence-corrected chi connectivity index (χ0v) is 19.0. The Morgan fingerprint density at radius 2 is 0.893 bits per heavy atom. The van der Waals surface area contributed by atoms with E-state index in [1.54, 1.807) is 0 Å². The van der Waals surface area contributed by atoms with Crippen molar-refractivity contribution in [2.24, 2.45) is 0 Å². The van der Waals surface area contributed by atoms with Crippen molar-refractivity contribution in [3.8, 4) is 0 Å². The van der Waals surface area contributed by atoms with E-state index in [1.807, 2.05) is 6.08 Å². The molecule has 0 N–H and O–H groups in total. The molecule has 0 bridgehead atoms. The van der Waals surface area contributed by atoms with Gasteiger partial charge in [0, 0.05) is 0 Å². The van der Waals surface area contributed by atoms with Crippen LogP contribution in [0, 0.1) is 0 Å². The molecule has 0 aromatic heterocycles. The van der Waals surface area contributed by atoms with E-state index in [9.17, 15) is 0 Å². The average Bonchev–Trinajstić information content (AvgIpc) is 2.73. The van der Waals surface area contributed by atoms with Crippen LogP contribution in [0.15, 0.2) is 30.8 Å². The molecule has 0 radical (unpaired) electrons. The quantitative estimate of drug-likeness (QED) is 0.196. The molecule has 0 aliphatic carbocycles. The molecule has 0 heterocycles. The third kappa shape index (κ3) is 14.9. The molecule has 0 fully saturated rings. The average molecular weight is 385 g/mol. The molecule has 0 nitrogen and oxygen atoms in total. The Balaban J connectivity index is 1.74. The maximum Gasteiger partial charge on any atom is -0.0262 e. The van der Waals surface area contributed by atoms with Crippen molar-refractivity contribution in [2.45, 2.75) is 129 Å². The predicted molar refractivity (Wildman–Crippen MR) is 129 cm³/mol. The van der Waals surface area contributed by atoms with Crippen LogP contribution in [0.2, 0.25) is 0 Å². The minimum absolute atomic E-state index is 1.22. The van der Waals surface area contributed by atoms with Gasteiger partial charge in [0.2, 0.25) is 0 Å². The van der Waals surface area contributed by atoms with Crippen molar-refractivity contribution in [3.05, 3.63) is 42.0 Å². The molecule has 0 amide bonds. The van der Waals surface area contributed by atoms with Crippen LogP contribution in [0.5, 0.6) is 0 Å². The van der Waals surface area contributed by atoms with Crippen LogP contribution in [-0.4, -0.2) is 0 Å². The Morgan fingerprint density at radius 3 is 1.25 bits per heavy atom. The molecule has 160 valence electrons. The van der Waals surface area contributed by atoms with Gasteiger partial charge in [0.25, 0.3) is 0 Å². The number of hydrogen-bond donors (Lipinski definition) is 0. The maximum atomic E-state index is 3.81. The van der Waals surface area contributed by atoms with Crippen LogP contribution >= 0.6 is 0 Å². The molecule has 0 spiro atoms. The second-order valence-electron chi connectivity index (χ2n) is 8.71. The van der Waals surface area contributed by atoms with E-state index in [4.69, 9.17) is 0 Å².